The van der Waals surface area contributed by atoms with Crippen molar-refractivity contribution in [1.29, 1.82) is 0 Å². The summed E-state index contributed by atoms with van der Waals surface area (Å²) < 4.78 is 2.26. The molecular formula is C17H25N3. The van der Waals surface area contributed by atoms with Gasteiger partial charge >= 0.3 is 0 Å². The molecule has 2 rings (SSSR count). The highest BCUT2D eigenvalue weighted by atomic mass is 15.1. The molecule has 1 N–H and O–H groups in total. The number of hydrogen-bond acceptors (Lipinski definition) is 2. The molecule has 108 valence electrons. The number of rotatable bonds is 7. The van der Waals surface area contributed by atoms with Crippen LogP contribution in [0, 0.1) is 6.92 Å². The van der Waals surface area contributed by atoms with Crippen LogP contribution in [0.4, 0.5) is 0 Å². The summed E-state index contributed by atoms with van der Waals surface area (Å²) in [7, 11) is 0. The van der Waals surface area contributed by atoms with Crippen LogP contribution in [-0.4, -0.2) is 16.1 Å². The van der Waals surface area contributed by atoms with Crippen molar-refractivity contribution in [2.24, 2.45) is 0 Å². The Morgan fingerprint density at radius 1 is 1.25 bits per heavy atom. The van der Waals surface area contributed by atoms with Crippen molar-refractivity contribution in [2.45, 2.75) is 46.2 Å². The van der Waals surface area contributed by atoms with Gasteiger partial charge in [0.1, 0.15) is 5.82 Å². The molecule has 0 aliphatic rings. The number of nitrogens with zero attached hydrogens (tertiary/aromatic N) is 2. The fourth-order valence-electron chi connectivity index (χ4n) is 2.59. The van der Waals surface area contributed by atoms with Gasteiger partial charge in [0.15, 0.2) is 0 Å². The van der Waals surface area contributed by atoms with Crippen LogP contribution in [0.1, 0.15) is 43.3 Å². The second-order valence-electron chi connectivity index (χ2n) is 5.21. The zero-order valence-electron chi connectivity index (χ0n) is 12.8. The highest BCUT2D eigenvalue weighted by Crippen LogP contribution is 2.20. The van der Waals surface area contributed by atoms with Gasteiger partial charge in [-0.15, -0.1) is 0 Å². The molecule has 0 saturated carbocycles. The number of aromatic nitrogens is 2. The van der Waals surface area contributed by atoms with Gasteiger partial charge < -0.3 is 9.88 Å². The molecule has 0 bridgehead atoms. The molecule has 0 saturated heterocycles. The highest BCUT2D eigenvalue weighted by molar-refractivity contribution is 5.28. The third kappa shape index (κ3) is 3.48. The minimum Gasteiger partial charge on any atom is -0.333 e. The molecule has 1 unspecified atom stereocenters. The van der Waals surface area contributed by atoms with E-state index in [-0.39, 0.29) is 0 Å². The summed E-state index contributed by atoms with van der Waals surface area (Å²) in [4.78, 5) is 4.42. The Labute approximate surface area is 122 Å². The Morgan fingerprint density at radius 2 is 2.05 bits per heavy atom. The standard InChI is InChI=1S/C17H25N3/c1-4-10-18-16(15-9-7-6-8-14(15)3)13-20-12-11-19-17(20)5-2/h6-9,11-12,16,18H,4-5,10,13H2,1-3H3. The molecule has 1 heterocycles. The maximum atomic E-state index is 4.42. The molecule has 1 aromatic heterocycles. The topological polar surface area (TPSA) is 29.9 Å². The van der Waals surface area contributed by atoms with Gasteiger partial charge in [0.2, 0.25) is 0 Å². The quantitative estimate of drug-likeness (QED) is 0.835. The third-order valence-corrected chi connectivity index (χ3v) is 3.70. The molecule has 20 heavy (non-hydrogen) atoms. The van der Waals surface area contributed by atoms with Crippen molar-refractivity contribution in [3.05, 3.63) is 53.6 Å². The van der Waals surface area contributed by atoms with Crippen LogP contribution in [0.25, 0.3) is 0 Å². The fraction of sp³-hybridized carbons (Fsp3) is 0.471. The van der Waals surface area contributed by atoms with Gasteiger partial charge in [-0.25, -0.2) is 4.98 Å². The van der Waals surface area contributed by atoms with Crippen molar-refractivity contribution >= 4 is 0 Å². The number of nitrogens with one attached hydrogen (secondary N) is 1. The van der Waals surface area contributed by atoms with Crippen molar-refractivity contribution in [3.63, 3.8) is 0 Å². The Balaban J connectivity index is 2.22. The molecule has 3 nitrogen and oxygen atoms in total. The molecule has 1 atom stereocenters. The van der Waals surface area contributed by atoms with Crippen LogP contribution in [0.3, 0.4) is 0 Å². The summed E-state index contributed by atoms with van der Waals surface area (Å²) >= 11 is 0. The Bertz CT molecular complexity index is 531. The van der Waals surface area contributed by atoms with E-state index in [1.54, 1.807) is 0 Å². The van der Waals surface area contributed by atoms with Crippen LogP contribution in [-0.2, 0) is 13.0 Å². The van der Waals surface area contributed by atoms with Crippen LogP contribution in [0.5, 0.6) is 0 Å². The predicted molar refractivity (Wildman–Crippen MR) is 83.8 cm³/mol. The lowest BCUT2D eigenvalue weighted by atomic mass is 10.0. The second-order valence-corrected chi connectivity index (χ2v) is 5.21. The molecule has 3 heteroatoms. The van der Waals surface area contributed by atoms with Gasteiger partial charge in [0, 0.05) is 25.4 Å². The molecule has 0 spiro atoms. The number of aryl methyl sites for hydroxylation is 2. The first-order valence-corrected chi connectivity index (χ1v) is 7.55. The number of hydrogen-bond donors (Lipinski definition) is 1. The summed E-state index contributed by atoms with van der Waals surface area (Å²) in [6.45, 7) is 8.52. The van der Waals surface area contributed by atoms with Crippen molar-refractivity contribution in [3.8, 4) is 0 Å². The molecule has 2 aromatic rings. The maximum absolute atomic E-state index is 4.42. The summed E-state index contributed by atoms with van der Waals surface area (Å²) in [5, 5.41) is 3.67. The molecule has 0 amide bonds. The van der Waals surface area contributed by atoms with Crippen molar-refractivity contribution in [2.75, 3.05) is 6.54 Å². The molecule has 0 aliphatic carbocycles. The van der Waals surface area contributed by atoms with E-state index in [4.69, 9.17) is 0 Å². The Hall–Kier alpha value is -1.61. The van der Waals surface area contributed by atoms with E-state index < -0.39 is 0 Å². The van der Waals surface area contributed by atoms with Gasteiger partial charge in [0.25, 0.3) is 0 Å². The maximum Gasteiger partial charge on any atom is 0.108 e. The predicted octanol–water partition coefficient (Wildman–Crippen LogP) is 3.49. The van der Waals surface area contributed by atoms with E-state index in [1.165, 1.54) is 11.1 Å². The summed E-state index contributed by atoms with van der Waals surface area (Å²) in [5.41, 5.74) is 2.73. The van der Waals surface area contributed by atoms with Crippen molar-refractivity contribution in [1.82, 2.24) is 14.9 Å². The highest BCUT2D eigenvalue weighted by Gasteiger charge is 2.14. The average molecular weight is 271 g/mol. The van der Waals surface area contributed by atoms with Crippen LogP contribution in [0.2, 0.25) is 0 Å². The average Bonchev–Trinajstić information content (AvgIpc) is 2.91. The Morgan fingerprint density at radius 3 is 2.75 bits per heavy atom. The molecule has 0 radical (unpaired) electrons. The van der Waals surface area contributed by atoms with Gasteiger partial charge in [-0.1, -0.05) is 38.1 Å². The fourth-order valence-corrected chi connectivity index (χ4v) is 2.59. The lowest BCUT2D eigenvalue weighted by molar-refractivity contribution is 0.453. The zero-order chi connectivity index (χ0) is 14.4. The number of imidazole rings is 1. The monoisotopic (exact) mass is 271 g/mol. The first kappa shape index (κ1) is 14.8. The van der Waals surface area contributed by atoms with E-state index in [9.17, 15) is 0 Å². The normalized spacial score (nSPS) is 12.6. The van der Waals surface area contributed by atoms with Gasteiger partial charge in [-0.05, 0) is 31.0 Å². The van der Waals surface area contributed by atoms with E-state index in [1.807, 2.05) is 6.20 Å². The lowest BCUT2D eigenvalue weighted by Crippen LogP contribution is -2.27. The molecule has 1 aromatic carbocycles. The van der Waals surface area contributed by atoms with E-state index >= 15 is 0 Å². The largest absolute Gasteiger partial charge is 0.333 e. The minimum absolute atomic E-state index is 0.343. The van der Waals surface area contributed by atoms with Crippen LogP contribution >= 0.6 is 0 Å². The van der Waals surface area contributed by atoms with E-state index in [0.29, 0.717) is 6.04 Å². The van der Waals surface area contributed by atoms with Gasteiger partial charge in [-0.3, -0.25) is 0 Å². The number of benzene rings is 1. The lowest BCUT2D eigenvalue weighted by Gasteiger charge is -2.22. The summed E-state index contributed by atoms with van der Waals surface area (Å²) in [6.07, 6.45) is 6.10. The van der Waals surface area contributed by atoms with Gasteiger partial charge in [-0.2, -0.15) is 0 Å². The molecule has 0 fully saturated rings. The SMILES string of the molecule is CCCNC(Cn1ccnc1CC)c1ccccc1C. The zero-order valence-corrected chi connectivity index (χ0v) is 12.8. The first-order valence-electron chi connectivity index (χ1n) is 7.55. The third-order valence-electron chi connectivity index (χ3n) is 3.70. The summed E-state index contributed by atoms with van der Waals surface area (Å²) in [5.74, 6) is 1.15. The second kappa shape index (κ2) is 7.25. The van der Waals surface area contributed by atoms with E-state index in [2.05, 4.69) is 66.1 Å². The molecular weight excluding hydrogens is 246 g/mol. The van der Waals surface area contributed by atoms with Crippen LogP contribution in [0.15, 0.2) is 36.7 Å². The smallest absolute Gasteiger partial charge is 0.108 e. The van der Waals surface area contributed by atoms with Gasteiger partial charge in [0.05, 0.1) is 6.04 Å². The Kier molecular flexibility index (Phi) is 5.36. The molecule has 0 aliphatic heterocycles. The van der Waals surface area contributed by atoms with Crippen molar-refractivity contribution < 1.29 is 0 Å². The first-order chi connectivity index (χ1) is 9.76. The van der Waals surface area contributed by atoms with E-state index in [0.717, 1.165) is 31.8 Å². The van der Waals surface area contributed by atoms with Crippen LogP contribution < -0.4 is 5.32 Å². The summed E-state index contributed by atoms with van der Waals surface area (Å²) in [6, 6.07) is 8.98. The minimum atomic E-state index is 0.343.